The topological polar surface area (TPSA) is 50.4 Å². The summed E-state index contributed by atoms with van der Waals surface area (Å²) in [7, 11) is 0. The van der Waals surface area contributed by atoms with Gasteiger partial charge in [-0.15, -0.1) is 0 Å². The molecule has 0 saturated carbocycles. The van der Waals surface area contributed by atoms with E-state index in [4.69, 9.17) is 9.98 Å². The number of hydrogen-bond donors (Lipinski definition) is 1. The maximum Gasteiger partial charge on any atom is 0.147 e. The van der Waals surface area contributed by atoms with Crippen molar-refractivity contribution in [1.82, 2.24) is 9.55 Å². The molecular formula is C44H39N3O. The molecule has 0 radical (unpaired) electrons. The number of hydrogen-bond acceptors (Lipinski definition) is 3. The minimum atomic E-state index is -0.0507. The van der Waals surface area contributed by atoms with E-state index < -0.39 is 0 Å². The van der Waals surface area contributed by atoms with E-state index in [0.717, 1.165) is 50.5 Å². The number of fused-ring (bicyclic) bond motifs is 1. The average molecular weight is 626 g/mol. The number of rotatable bonds is 6. The Morgan fingerprint density at radius 3 is 2.10 bits per heavy atom. The first-order valence-electron chi connectivity index (χ1n) is 16.4. The smallest absolute Gasteiger partial charge is 0.147 e. The van der Waals surface area contributed by atoms with Gasteiger partial charge in [0, 0.05) is 28.6 Å². The number of phenolic OH excluding ortho intramolecular Hbond substituents is 1. The van der Waals surface area contributed by atoms with Crippen LogP contribution < -0.4 is 0 Å². The van der Waals surface area contributed by atoms with Gasteiger partial charge >= 0.3 is 0 Å². The van der Waals surface area contributed by atoms with E-state index in [1.807, 2.05) is 36.4 Å². The van der Waals surface area contributed by atoms with Crippen LogP contribution in [0.5, 0.6) is 5.75 Å². The van der Waals surface area contributed by atoms with Gasteiger partial charge in [-0.2, -0.15) is 0 Å². The average Bonchev–Trinajstić information content (AvgIpc) is 3.47. The highest BCUT2D eigenvalue weighted by atomic mass is 16.3. The second-order valence-electron chi connectivity index (χ2n) is 13.5. The van der Waals surface area contributed by atoms with Crippen LogP contribution in [0, 0.1) is 13.8 Å². The number of aliphatic imine (C=N–C) groups is 1. The van der Waals surface area contributed by atoms with Crippen LogP contribution in [0.1, 0.15) is 43.0 Å². The molecule has 0 fully saturated rings. The second kappa shape index (κ2) is 12.5. The SMILES string of the molecule is Cc1cc(C)cc(-c2cccc(-c3cccc4c3nc(-c3ccccc3N=Cc3cc(C(C)(C)C)ccc3O)n4-c3ccccc3)c2)c1. The van der Waals surface area contributed by atoms with E-state index in [1.54, 1.807) is 12.3 Å². The van der Waals surface area contributed by atoms with E-state index >= 15 is 0 Å². The molecule has 0 bridgehead atoms. The minimum Gasteiger partial charge on any atom is -0.507 e. The van der Waals surface area contributed by atoms with Gasteiger partial charge < -0.3 is 5.11 Å². The van der Waals surface area contributed by atoms with E-state index in [2.05, 4.69) is 130 Å². The molecule has 7 rings (SSSR count). The quantitative estimate of drug-likeness (QED) is 0.187. The van der Waals surface area contributed by atoms with Gasteiger partial charge in [0.2, 0.25) is 0 Å². The van der Waals surface area contributed by atoms with Crippen LogP contribution in [-0.4, -0.2) is 20.9 Å². The fourth-order valence-corrected chi connectivity index (χ4v) is 6.40. The van der Waals surface area contributed by atoms with Gasteiger partial charge in [-0.1, -0.05) is 117 Å². The van der Waals surface area contributed by atoms with Crippen LogP contribution in [-0.2, 0) is 5.41 Å². The van der Waals surface area contributed by atoms with Crippen molar-refractivity contribution >= 4 is 22.9 Å². The molecule has 0 unspecified atom stereocenters. The summed E-state index contributed by atoms with van der Waals surface area (Å²) in [5, 5.41) is 10.7. The molecule has 6 aromatic carbocycles. The molecule has 7 aromatic rings. The molecule has 236 valence electrons. The molecule has 48 heavy (non-hydrogen) atoms. The van der Waals surface area contributed by atoms with Crippen LogP contribution in [0.2, 0.25) is 0 Å². The van der Waals surface area contributed by atoms with Crippen molar-refractivity contribution in [1.29, 1.82) is 0 Å². The molecule has 0 spiro atoms. The number of aromatic nitrogens is 2. The van der Waals surface area contributed by atoms with Crippen molar-refractivity contribution in [2.45, 2.75) is 40.0 Å². The Labute approximate surface area is 282 Å². The van der Waals surface area contributed by atoms with Crippen molar-refractivity contribution in [3.8, 4) is 45.1 Å². The first-order valence-corrected chi connectivity index (χ1v) is 16.4. The van der Waals surface area contributed by atoms with E-state index in [-0.39, 0.29) is 11.2 Å². The number of para-hydroxylation sites is 3. The highest BCUT2D eigenvalue weighted by Crippen LogP contribution is 2.39. The highest BCUT2D eigenvalue weighted by Gasteiger charge is 2.20. The molecule has 0 amide bonds. The summed E-state index contributed by atoms with van der Waals surface area (Å²) in [6.45, 7) is 10.8. The standard InChI is InChI=1S/C44H39N3O/c1-29-23-30(2)25-33(24-29)31-13-11-14-32(26-31)37-18-12-20-40-42(37)46-43(47(40)36-15-7-6-8-16-36)38-17-9-10-19-39(38)45-28-34-27-35(44(3,4)5)21-22-41(34)48/h6-28,48H,1-5H3. The second-order valence-corrected chi connectivity index (χ2v) is 13.5. The highest BCUT2D eigenvalue weighted by molar-refractivity contribution is 5.97. The van der Waals surface area contributed by atoms with Crippen LogP contribution in [0.3, 0.4) is 0 Å². The summed E-state index contributed by atoms with van der Waals surface area (Å²) < 4.78 is 2.22. The molecule has 0 atom stereocenters. The lowest BCUT2D eigenvalue weighted by Crippen LogP contribution is -2.11. The van der Waals surface area contributed by atoms with Gasteiger partial charge in [-0.05, 0) is 90.0 Å². The maximum absolute atomic E-state index is 10.7. The summed E-state index contributed by atoms with van der Waals surface area (Å²) in [5.41, 5.74) is 13.5. The van der Waals surface area contributed by atoms with Crippen molar-refractivity contribution in [2.75, 3.05) is 0 Å². The maximum atomic E-state index is 10.7. The normalized spacial score (nSPS) is 11.9. The minimum absolute atomic E-state index is 0.0507. The summed E-state index contributed by atoms with van der Waals surface area (Å²) >= 11 is 0. The fourth-order valence-electron chi connectivity index (χ4n) is 6.40. The van der Waals surface area contributed by atoms with Crippen LogP contribution in [0.4, 0.5) is 5.69 Å². The summed E-state index contributed by atoms with van der Waals surface area (Å²) in [4.78, 5) is 10.3. The third-order valence-electron chi connectivity index (χ3n) is 8.81. The molecular weight excluding hydrogens is 587 g/mol. The van der Waals surface area contributed by atoms with Crippen LogP contribution >= 0.6 is 0 Å². The molecule has 1 aromatic heterocycles. The summed E-state index contributed by atoms with van der Waals surface area (Å²) in [6, 6.07) is 46.0. The Balaban J connectivity index is 1.40. The Hall–Kier alpha value is -5.74. The number of imidazole rings is 1. The van der Waals surface area contributed by atoms with E-state index in [1.165, 1.54) is 22.3 Å². The first kappa shape index (κ1) is 30.9. The van der Waals surface area contributed by atoms with Crippen molar-refractivity contribution in [3.05, 3.63) is 156 Å². The van der Waals surface area contributed by atoms with Crippen molar-refractivity contribution in [3.63, 3.8) is 0 Å². The molecule has 1 N–H and O–H groups in total. The largest absolute Gasteiger partial charge is 0.507 e. The van der Waals surface area contributed by atoms with Gasteiger partial charge in [-0.3, -0.25) is 9.56 Å². The molecule has 0 aliphatic heterocycles. The Morgan fingerprint density at radius 1 is 0.646 bits per heavy atom. The lowest BCUT2D eigenvalue weighted by Gasteiger charge is -2.19. The van der Waals surface area contributed by atoms with Gasteiger partial charge in [-0.25, -0.2) is 4.98 Å². The van der Waals surface area contributed by atoms with Gasteiger partial charge in [0.15, 0.2) is 0 Å². The Kier molecular flexibility index (Phi) is 8.02. The predicted molar refractivity (Wildman–Crippen MR) is 201 cm³/mol. The van der Waals surface area contributed by atoms with Crippen molar-refractivity contribution in [2.24, 2.45) is 4.99 Å². The number of aryl methyl sites for hydroxylation is 2. The molecule has 0 saturated heterocycles. The third kappa shape index (κ3) is 6.05. The summed E-state index contributed by atoms with van der Waals surface area (Å²) in [6.07, 6.45) is 1.75. The molecule has 1 heterocycles. The Bertz CT molecular complexity index is 2290. The summed E-state index contributed by atoms with van der Waals surface area (Å²) in [5.74, 6) is 1.00. The zero-order valence-electron chi connectivity index (χ0n) is 28.1. The number of aromatic hydroxyl groups is 1. The van der Waals surface area contributed by atoms with E-state index in [9.17, 15) is 5.11 Å². The van der Waals surface area contributed by atoms with Crippen molar-refractivity contribution < 1.29 is 5.11 Å². The lowest BCUT2D eigenvalue weighted by atomic mass is 9.86. The predicted octanol–water partition coefficient (Wildman–Crippen LogP) is 11.4. The number of benzene rings is 6. The lowest BCUT2D eigenvalue weighted by molar-refractivity contribution is 0.473. The zero-order chi connectivity index (χ0) is 33.4. The molecule has 0 aliphatic carbocycles. The molecule has 0 aliphatic rings. The molecule has 4 heteroatoms. The van der Waals surface area contributed by atoms with Crippen LogP contribution in [0.25, 0.3) is 50.4 Å². The van der Waals surface area contributed by atoms with Crippen LogP contribution in [0.15, 0.2) is 138 Å². The number of nitrogens with zero attached hydrogens (tertiary/aromatic N) is 3. The number of phenols is 1. The zero-order valence-corrected chi connectivity index (χ0v) is 28.1. The molecule has 4 nitrogen and oxygen atoms in total. The monoisotopic (exact) mass is 625 g/mol. The Morgan fingerprint density at radius 2 is 1.33 bits per heavy atom. The van der Waals surface area contributed by atoms with Gasteiger partial charge in [0.05, 0.1) is 16.7 Å². The first-order chi connectivity index (χ1) is 23.2. The third-order valence-corrected chi connectivity index (χ3v) is 8.81. The van der Waals surface area contributed by atoms with Gasteiger partial charge in [0.25, 0.3) is 0 Å². The van der Waals surface area contributed by atoms with E-state index in [0.29, 0.717) is 5.56 Å². The van der Waals surface area contributed by atoms with Gasteiger partial charge in [0.1, 0.15) is 11.6 Å². The fraction of sp³-hybridized carbons (Fsp3) is 0.136.